The van der Waals surface area contributed by atoms with Crippen LogP contribution in [0.2, 0.25) is 0 Å². The number of alkyl halides is 3. The molecule has 1 aliphatic carbocycles. The molecule has 10 heteroatoms. The SMILES string of the molecule is O=C(O)C(F)(F)F.O=C(c1ccco1)N1CCN(CC2CC2)c2ncccc2C1. The number of anilines is 1. The zero-order valence-electron chi connectivity index (χ0n) is 15.4. The van der Waals surface area contributed by atoms with E-state index in [0.717, 1.165) is 30.4 Å². The number of carbonyl (C=O) groups excluding carboxylic acids is 1. The van der Waals surface area contributed by atoms with Gasteiger partial charge in [-0.15, -0.1) is 0 Å². The minimum Gasteiger partial charge on any atom is -0.475 e. The molecule has 156 valence electrons. The highest BCUT2D eigenvalue weighted by molar-refractivity contribution is 5.91. The molecule has 0 atom stereocenters. The summed E-state index contributed by atoms with van der Waals surface area (Å²) in [7, 11) is 0. The summed E-state index contributed by atoms with van der Waals surface area (Å²) in [5.74, 6) is -0.576. The monoisotopic (exact) mass is 411 g/mol. The lowest BCUT2D eigenvalue weighted by Gasteiger charge is -2.23. The first-order valence-corrected chi connectivity index (χ1v) is 9.07. The molecule has 0 spiro atoms. The van der Waals surface area contributed by atoms with Gasteiger partial charge in [0.1, 0.15) is 5.82 Å². The van der Waals surface area contributed by atoms with Crippen molar-refractivity contribution in [3.63, 3.8) is 0 Å². The molecule has 7 nitrogen and oxygen atoms in total. The van der Waals surface area contributed by atoms with Crippen molar-refractivity contribution in [1.82, 2.24) is 9.88 Å². The van der Waals surface area contributed by atoms with Crippen molar-refractivity contribution >= 4 is 17.7 Å². The summed E-state index contributed by atoms with van der Waals surface area (Å²) in [6.45, 7) is 3.16. The van der Waals surface area contributed by atoms with Gasteiger partial charge in [0.05, 0.1) is 6.26 Å². The van der Waals surface area contributed by atoms with E-state index in [-0.39, 0.29) is 5.91 Å². The third kappa shape index (κ3) is 5.49. The van der Waals surface area contributed by atoms with Crippen molar-refractivity contribution in [2.24, 2.45) is 5.92 Å². The molecule has 29 heavy (non-hydrogen) atoms. The van der Waals surface area contributed by atoms with Gasteiger partial charge in [0.15, 0.2) is 5.76 Å². The molecule has 1 fully saturated rings. The third-order valence-corrected chi connectivity index (χ3v) is 4.61. The molecular weight excluding hydrogens is 391 g/mol. The molecule has 2 aliphatic rings. The summed E-state index contributed by atoms with van der Waals surface area (Å²) < 4.78 is 37.0. The average molecular weight is 411 g/mol. The Hall–Kier alpha value is -3.04. The normalized spacial score (nSPS) is 16.4. The van der Waals surface area contributed by atoms with Gasteiger partial charge in [0.25, 0.3) is 5.91 Å². The van der Waals surface area contributed by atoms with Gasteiger partial charge in [-0.05, 0) is 37.0 Å². The van der Waals surface area contributed by atoms with Crippen LogP contribution < -0.4 is 4.90 Å². The Bertz CT molecular complexity index is 851. The van der Waals surface area contributed by atoms with Gasteiger partial charge in [0, 0.05) is 37.9 Å². The first-order chi connectivity index (χ1) is 13.8. The van der Waals surface area contributed by atoms with Crippen molar-refractivity contribution in [1.29, 1.82) is 0 Å². The van der Waals surface area contributed by atoms with E-state index in [9.17, 15) is 18.0 Å². The Balaban J connectivity index is 0.000000298. The number of rotatable bonds is 3. The first kappa shape index (κ1) is 20.7. The molecule has 1 saturated carbocycles. The van der Waals surface area contributed by atoms with Crippen LogP contribution in [0.3, 0.4) is 0 Å². The summed E-state index contributed by atoms with van der Waals surface area (Å²) in [6.07, 6.45) is 0.921. The van der Waals surface area contributed by atoms with E-state index in [4.69, 9.17) is 14.3 Å². The lowest BCUT2D eigenvalue weighted by Crippen LogP contribution is -2.36. The number of carboxylic acids is 1. The molecule has 0 unspecified atom stereocenters. The van der Waals surface area contributed by atoms with Gasteiger partial charge in [-0.3, -0.25) is 4.79 Å². The van der Waals surface area contributed by atoms with Crippen LogP contribution in [0.4, 0.5) is 19.0 Å². The summed E-state index contributed by atoms with van der Waals surface area (Å²) in [4.78, 5) is 30.2. The fraction of sp³-hybridized carbons (Fsp3) is 0.421. The smallest absolute Gasteiger partial charge is 0.475 e. The molecular formula is C19H20F3N3O4. The number of hydrogen-bond donors (Lipinski definition) is 1. The van der Waals surface area contributed by atoms with Crippen LogP contribution in [0.1, 0.15) is 29.0 Å². The Kier molecular flexibility index (Phi) is 6.09. The predicted molar refractivity (Wildman–Crippen MR) is 96.3 cm³/mol. The first-order valence-electron chi connectivity index (χ1n) is 9.07. The number of aliphatic carboxylic acids is 1. The van der Waals surface area contributed by atoms with Crippen molar-refractivity contribution in [2.75, 3.05) is 24.5 Å². The molecule has 0 saturated heterocycles. The number of carboxylic acid groups (broad SMARTS) is 1. The van der Waals surface area contributed by atoms with E-state index in [2.05, 4.69) is 16.0 Å². The number of pyridine rings is 1. The second-order valence-electron chi connectivity index (χ2n) is 6.88. The molecule has 0 bridgehead atoms. The number of aromatic nitrogens is 1. The molecule has 1 aliphatic heterocycles. The van der Waals surface area contributed by atoms with Gasteiger partial charge in [-0.25, -0.2) is 9.78 Å². The van der Waals surface area contributed by atoms with Crippen molar-refractivity contribution in [3.05, 3.63) is 48.0 Å². The number of halogens is 3. The van der Waals surface area contributed by atoms with E-state index in [1.54, 1.807) is 18.4 Å². The Morgan fingerprint density at radius 3 is 2.52 bits per heavy atom. The van der Waals surface area contributed by atoms with Crippen LogP contribution in [0.15, 0.2) is 41.1 Å². The Morgan fingerprint density at radius 2 is 1.93 bits per heavy atom. The van der Waals surface area contributed by atoms with Crippen LogP contribution in [0, 0.1) is 5.92 Å². The van der Waals surface area contributed by atoms with Gasteiger partial charge in [-0.1, -0.05) is 6.07 Å². The van der Waals surface area contributed by atoms with Gasteiger partial charge < -0.3 is 19.3 Å². The standard InChI is InChI=1S/C17H19N3O2.C2HF3O2/c21-17(15-4-2-10-22-15)20-9-8-19(11-13-5-6-13)16-14(12-20)3-1-7-18-16;3-2(4,5)1(6)7/h1-4,7,10,13H,5-6,8-9,11-12H2;(H,6,7). The maximum atomic E-state index is 12.6. The fourth-order valence-electron chi connectivity index (χ4n) is 2.99. The average Bonchev–Trinajstić information content (AvgIpc) is 3.37. The van der Waals surface area contributed by atoms with E-state index < -0.39 is 12.1 Å². The van der Waals surface area contributed by atoms with Crippen LogP contribution in [-0.2, 0) is 11.3 Å². The lowest BCUT2D eigenvalue weighted by molar-refractivity contribution is -0.192. The maximum absolute atomic E-state index is 12.6. The van der Waals surface area contributed by atoms with Gasteiger partial charge in [-0.2, -0.15) is 13.2 Å². The number of nitrogens with zero attached hydrogens (tertiary/aromatic N) is 3. The number of amides is 1. The van der Waals surface area contributed by atoms with Crippen LogP contribution >= 0.6 is 0 Å². The molecule has 2 aromatic rings. The highest BCUT2D eigenvalue weighted by Crippen LogP contribution is 2.33. The number of fused-ring (bicyclic) bond motifs is 1. The van der Waals surface area contributed by atoms with Gasteiger partial charge in [0.2, 0.25) is 0 Å². The highest BCUT2D eigenvalue weighted by Gasteiger charge is 2.38. The zero-order valence-corrected chi connectivity index (χ0v) is 15.4. The summed E-state index contributed by atoms with van der Waals surface area (Å²) >= 11 is 0. The highest BCUT2D eigenvalue weighted by atomic mass is 19.4. The van der Waals surface area contributed by atoms with E-state index in [1.165, 1.54) is 12.8 Å². The summed E-state index contributed by atoms with van der Waals surface area (Å²) in [6, 6.07) is 7.48. The van der Waals surface area contributed by atoms with E-state index in [0.29, 0.717) is 18.8 Å². The summed E-state index contributed by atoms with van der Waals surface area (Å²) in [5.41, 5.74) is 1.11. The predicted octanol–water partition coefficient (Wildman–Crippen LogP) is 3.18. The molecule has 4 rings (SSSR count). The third-order valence-electron chi connectivity index (χ3n) is 4.61. The molecule has 3 heterocycles. The molecule has 0 aromatic carbocycles. The molecule has 1 N–H and O–H groups in total. The molecule has 0 radical (unpaired) electrons. The Labute approximate surface area is 164 Å². The number of hydrogen-bond acceptors (Lipinski definition) is 5. The quantitative estimate of drug-likeness (QED) is 0.835. The van der Waals surface area contributed by atoms with Crippen molar-refractivity contribution in [2.45, 2.75) is 25.6 Å². The number of furan rings is 1. The molecule has 1 amide bonds. The van der Waals surface area contributed by atoms with Crippen LogP contribution in [-0.4, -0.2) is 52.7 Å². The number of carbonyl (C=O) groups is 2. The van der Waals surface area contributed by atoms with Crippen LogP contribution in [0.25, 0.3) is 0 Å². The second-order valence-corrected chi connectivity index (χ2v) is 6.88. The van der Waals surface area contributed by atoms with Crippen LogP contribution in [0.5, 0.6) is 0 Å². The minimum absolute atomic E-state index is 0.0481. The second kappa shape index (κ2) is 8.54. The Morgan fingerprint density at radius 1 is 1.21 bits per heavy atom. The molecule has 2 aromatic heterocycles. The summed E-state index contributed by atoms with van der Waals surface area (Å²) in [5, 5.41) is 7.12. The van der Waals surface area contributed by atoms with Gasteiger partial charge >= 0.3 is 12.1 Å². The van der Waals surface area contributed by atoms with E-state index >= 15 is 0 Å². The van der Waals surface area contributed by atoms with Crippen molar-refractivity contribution in [3.8, 4) is 0 Å². The maximum Gasteiger partial charge on any atom is 0.490 e. The minimum atomic E-state index is -5.08. The van der Waals surface area contributed by atoms with E-state index in [1.807, 2.05) is 17.2 Å². The lowest BCUT2D eigenvalue weighted by atomic mass is 10.2. The fourth-order valence-corrected chi connectivity index (χ4v) is 2.99. The topological polar surface area (TPSA) is 86.9 Å². The zero-order chi connectivity index (χ0) is 21.0. The largest absolute Gasteiger partial charge is 0.490 e. The van der Waals surface area contributed by atoms with Crippen molar-refractivity contribution < 1.29 is 32.3 Å².